The summed E-state index contributed by atoms with van der Waals surface area (Å²) in [6, 6.07) is 4.58. The molecule has 2 rings (SSSR count). The number of methoxy groups -OCH3 is 1. The highest BCUT2D eigenvalue weighted by Gasteiger charge is 2.18. The van der Waals surface area contributed by atoms with Gasteiger partial charge < -0.3 is 14.8 Å². The summed E-state index contributed by atoms with van der Waals surface area (Å²) in [4.78, 5) is 10.3. The number of benzene rings is 1. The molecule has 98 valence electrons. The van der Waals surface area contributed by atoms with Crippen LogP contribution in [0.1, 0.15) is 12.8 Å². The second-order valence-corrected chi connectivity index (χ2v) is 4.18. The van der Waals surface area contributed by atoms with Crippen LogP contribution in [0.2, 0.25) is 0 Å². The molecule has 0 aromatic heterocycles. The smallest absolute Gasteiger partial charge is 0.311 e. The van der Waals surface area contributed by atoms with Crippen LogP contribution in [0.25, 0.3) is 0 Å². The lowest BCUT2D eigenvalue weighted by atomic mass is 10.1. The summed E-state index contributed by atoms with van der Waals surface area (Å²) in [6.07, 6.45) is 2.19. The molecular weight excluding hydrogens is 236 g/mol. The zero-order chi connectivity index (χ0) is 13.0. The lowest BCUT2D eigenvalue weighted by molar-refractivity contribution is -0.385. The minimum Gasteiger partial charge on any atom is -0.490 e. The average molecular weight is 252 g/mol. The Morgan fingerprint density at radius 1 is 1.50 bits per heavy atom. The van der Waals surface area contributed by atoms with E-state index in [0.717, 1.165) is 25.9 Å². The van der Waals surface area contributed by atoms with Crippen LogP contribution in [0.3, 0.4) is 0 Å². The van der Waals surface area contributed by atoms with Crippen molar-refractivity contribution in [2.45, 2.75) is 18.9 Å². The maximum absolute atomic E-state index is 10.8. The monoisotopic (exact) mass is 252 g/mol. The van der Waals surface area contributed by atoms with Crippen molar-refractivity contribution in [3.8, 4) is 11.5 Å². The van der Waals surface area contributed by atoms with Crippen LogP contribution in [0.15, 0.2) is 18.2 Å². The Hall–Kier alpha value is -1.82. The fourth-order valence-corrected chi connectivity index (χ4v) is 1.99. The molecule has 0 saturated carbocycles. The standard InChI is InChI=1S/C12H16N2O4/c1-17-12-7-9(4-5-11(12)14(15)16)18-10-3-2-6-13-8-10/h4-5,7,10,13H,2-3,6,8H2,1H3. The summed E-state index contributed by atoms with van der Waals surface area (Å²) in [7, 11) is 1.41. The van der Waals surface area contributed by atoms with E-state index in [-0.39, 0.29) is 17.5 Å². The van der Waals surface area contributed by atoms with Crippen molar-refractivity contribution in [2.24, 2.45) is 0 Å². The molecule has 1 aliphatic heterocycles. The van der Waals surface area contributed by atoms with E-state index in [2.05, 4.69) is 5.32 Å². The third kappa shape index (κ3) is 2.89. The molecule has 0 amide bonds. The molecule has 0 radical (unpaired) electrons. The first kappa shape index (κ1) is 12.6. The predicted octanol–water partition coefficient (Wildman–Crippen LogP) is 1.73. The van der Waals surface area contributed by atoms with E-state index in [1.54, 1.807) is 12.1 Å². The molecule has 1 N–H and O–H groups in total. The first-order chi connectivity index (χ1) is 8.70. The van der Waals surface area contributed by atoms with Crippen molar-refractivity contribution < 1.29 is 14.4 Å². The van der Waals surface area contributed by atoms with Gasteiger partial charge in [-0.1, -0.05) is 0 Å². The molecule has 1 aliphatic rings. The number of hydrogen-bond acceptors (Lipinski definition) is 5. The van der Waals surface area contributed by atoms with Gasteiger partial charge in [-0.3, -0.25) is 10.1 Å². The maximum Gasteiger partial charge on any atom is 0.311 e. The second kappa shape index (κ2) is 5.68. The van der Waals surface area contributed by atoms with Crippen LogP contribution in [0.5, 0.6) is 11.5 Å². The van der Waals surface area contributed by atoms with Crippen molar-refractivity contribution in [3.63, 3.8) is 0 Å². The van der Waals surface area contributed by atoms with Crippen molar-refractivity contribution in [2.75, 3.05) is 20.2 Å². The Morgan fingerprint density at radius 3 is 2.94 bits per heavy atom. The third-order valence-electron chi connectivity index (χ3n) is 2.90. The highest BCUT2D eigenvalue weighted by molar-refractivity contribution is 5.50. The Kier molecular flexibility index (Phi) is 3.99. The van der Waals surface area contributed by atoms with E-state index in [0.29, 0.717) is 5.75 Å². The Labute approximate surface area is 105 Å². The SMILES string of the molecule is COc1cc(OC2CCCNC2)ccc1[N+](=O)[O-]. The Bertz CT molecular complexity index is 430. The highest BCUT2D eigenvalue weighted by Crippen LogP contribution is 2.31. The van der Waals surface area contributed by atoms with Crippen molar-refractivity contribution in [1.82, 2.24) is 5.32 Å². The number of piperidine rings is 1. The first-order valence-electron chi connectivity index (χ1n) is 5.90. The summed E-state index contributed by atoms with van der Waals surface area (Å²) in [5.74, 6) is 0.826. The summed E-state index contributed by atoms with van der Waals surface area (Å²) in [6.45, 7) is 1.82. The zero-order valence-corrected chi connectivity index (χ0v) is 10.2. The third-order valence-corrected chi connectivity index (χ3v) is 2.90. The van der Waals surface area contributed by atoms with Gasteiger partial charge in [-0.2, -0.15) is 0 Å². The quantitative estimate of drug-likeness (QED) is 0.652. The van der Waals surface area contributed by atoms with E-state index in [4.69, 9.17) is 9.47 Å². The van der Waals surface area contributed by atoms with Gasteiger partial charge in [-0.05, 0) is 25.5 Å². The number of nitro groups is 1. The van der Waals surface area contributed by atoms with Crippen LogP contribution in [0, 0.1) is 10.1 Å². The minimum absolute atomic E-state index is 0.0494. The number of nitrogens with zero attached hydrogens (tertiary/aromatic N) is 1. The van der Waals surface area contributed by atoms with Gasteiger partial charge in [0.2, 0.25) is 5.75 Å². The van der Waals surface area contributed by atoms with E-state index in [1.165, 1.54) is 13.2 Å². The second-order valence-electron chi connectivity index (χ2n) is 4.18. The fraction of sp³-hybridized carbons (Fsp3) is 0.500. The molecule has 1 aromatic carbocycles. The van der Waals surface area contributed by atoms with Gasteiger partial charge in [0.1, 0.15) is 11.9 Å². The van der Waals surface area contributed by atoms with Crippen molar-refractivity contribution >= 4 is 5.69 Å². The number of hydrogen-bond donors (Lipinski definition) is 1. The van der Waals surface area contributed by atoms with Crippen LogP contribution >= 0.6 is 0 Å². The van der Waals surface area contributed by atoms with Crippen molar-refractivity contribution in [3.05, 3.63) is 28.3 Å². The zero-order valence-electron chi connectivity index (χ0n) is 10.2. The fourth-order valence-electron chi connectivity index (χ4n) is 1.99. The molecule has 6 heteroatoms. The van der Waals surface area contributed by atoms with E-state index < -0.39 is 4.92 Å². The molecule has 0 spiro atoms. The molecule has 1 fully saturated rings. The average Bonchev–Trinajstić information content (AvgIpc) is 2.39. The lowest BCUT2D eigenvalue weighted by Crippen LogP contribution is -2.37. The van der Waals surface area contributed by atoms with Gasteiger partial charge in [0.25, 0.3) is 0 Å². The van der Waals surface area contributed by atoms with Crippen molar-refractivity contribution in [1.29, 1.82) is 0 Å². The maximum atomic E-state index is 10.8. The van der Waals surface area contributed by atoms with Crippen LogP contribution < -0.4 is 14.8 Å². The molecule has 0 aliphatic carbocycles. The molecule has 0 bridgehead atoms. The molecule has 1 heterocycles. The molecular formula is C12H16N2O4. The van der Waals surface area contributed by atoms with Gasteiger partial charge in [0.05, 0.1) is 12.0 Å². The van der Waals surface area contributed by atoms with Gasteiger partial charge in [-0.25, -0.2) is 0 Å². The van der Waals surface area contributed by atoms with E-state index in [9.17, 15) is 10.1 Å². The largest absolute Gasteiger partial charge is 0.490 e. The first-order valence-corrected chi connectivity index (χ1v) is 5.90. The highest BCUT2D eigenvalue weighted by atomic mass is 16.6. The predicted molar refractivity (Wildman–Crippen MR) is 66.2 cm³/mol. The van der Waals surface area contributed by atoms with Gasteiger partial charge in [-0.15, -0.1) is 0 Å². The summed E-state index contributed by atoms with van der Waals surface area (Å²) < 4.78 is 10.8. The lowest BCUT2D eigenvalue weighted by Gasteiger charge is -2.24. The normalized spacial score (nSPS) is 19.3. The Morgan fingerprint density at radius 2 is 2.33 bits per heavy atom. The molecule has 1 saturated heterocycles. The summed E-state index contributed by atoms with van der Waals surface area (Å²) >= 11 is 0. The number of rotatable bonds is 4. The van der Waals surface area contributed by atoms with Crippen LogP contribution in [-0.4, -0.2) is 31.2 Å². The van der Waals surface area contributed by atoms with Gasteiger partial charge in [0, 0.05) is 18.7 Å². The molecule has 6 nitrogen and oxygen atoms in total. The van der Waals surface area contributed by atoms with E-state index >= 15 is 0 Å². The molecule has 18 heavy (non-hydrogen) atoms. The number of nitro benzene ring substituents is 1. The van der Waals surface area contributed by atoms with Gasteiger partial charge in [0.15, 0.2) is 0 Å². The molecule has 1 aromatic rings. The summed E-state index contributed by atoms with van der Waals surface area (Å²) in [5.41, 5.74) is -0.0494. The topological polar surface area (TPSA) is 73.6 Å². The van der Waals surface area contributed by atoms with Crippen LogP contribution in [0.4, 0.5) is 5.69 Å². The molecule has 1 unspecified atom stereocenters. The number of nitrogens with one attached hydrogen (secondary N) is 1. The summed E-state index contributed by atoms with van der Waals surface area (Å²) in [5, 5.41) is 14.0. The number of ether oxygens (including phenoxy) is 2. The van der Waals surface area contributed by atoms with E-state index in [1.807, 2.05) is 0 Å². The van der Waals surface area contributed by atoms with Gasteiger partial charge >= 0.3 is 5.69 Å². The minimum atomic E-state index is -0.467. The molecule has 1 atom stereocenters. The Balaban J connectivity index is 2.11. The van der Waals surface area contributed by atoms with Crippen LogP contribution in [-0.2, 0) is 0 Å².